The third-order valence-electron chi connectivity index (χ3n) is 6.10. The summed E-state index contributed by atoms with van der Waals surface area (Å²) >= 11 is 0. The number of hydrogen-bond acceptors (Lipinski definition) is 6. The average molecular weight is 440 g/mol. The predicted octanol–water partition coefficient (Wildman–Crippen LogP) is 3.62. The van der Waals surface area contributed by atoms with Gasteiger partial charge >= 0.3 is 0 Å². The van der Waals surface area contributed by atoms with Crippen LogP contribution in [0.5, 0.6) is 5.75 Å². The molecule has 0 radical (unpaired) electrons. The van der Waals surface area contributed by atoms with E-state index in [2.05, 4.69) is 10.1 Å². The molecule has 1 atom stereocenters. The molecule has 31 heavy (non-hydrogen) atoms. The summed E-state index contributed by atoms with van der Waals surface area (Å²) in [7, 11) is -3.54. The van der Waals surface area contributed by atoms with Crippen molar-refractivity contribution in [2.75, 3.05) is 19.7 Å². The number of rotatable bonds is 5. The number of piperidine rings is 1. The van der Waals surface area contributed by atoms with Gasteiger partial charge in [0.25, 0.3) is 0 Å². The first-order valence-electron chi connectivity index (χ1n) is 10.7. The molecule has 1 aromatic heterocycles. The summed E-state index contributed by atoms with van der Waals surface area (Å²) in [5.41, 5.74) is 3.00. The first-order chi connectivity index (χ1) is 15.0. The number of benzene rings is 2. The highest BCUT2D eigenvalue weighted by molar-refractivity contribution is 7.89. The maximum atomic E-state index is 13.2. The second kappa shape index (κ2) is 8.09. The Morgan fingerprint density at radius 2 is 2.06 bits per heavy atom. The summed E-state index contributed by atoms with van der Waals surface area (Å²) in [6.07, 6.45) is 3.08. The van der Waals surface area contributed by atoms with E-state index in [1.165, 1.54) is 0 Å². The lowest BCUT2D eigenvalue weighted by atomic mass is 9.96. The summed E-state index contributed by atoms with van der Waals surface area (Å²) in [5.74, 6) is 2.06. The molecule has 0 N–H and O–H groups in total. The maximum Gasteiger partial charge on any atom is 0.243 e. The second-order valence-corrected chi connectivity index (χ2v) is 10.2. The quantitative estimate of drug-likeness (QED) is 0.604. The Morgan fingerprint density at radius 1 is 1.19 bits per heavy atom. The molecule has 0 spiro atoms. The van der Waals surface area contributed by atoms with Gasteiger partial charge in [0.1, 0.15) is 5.75 Å². The molecule has 0 saturated carbocycles. The molecular weight excluding hydrogens is 414 g/mol. The summed E-state index contributed by atoms with van der Waals surface area (Å²) in [6, 6.07) is 13.1. The van der Waals surface area contributed by atoms with Crippen molar-refractivity contribution < 1.29 is 17.7 Å². The number of fused-ring (bicyclic) bond motifs is 1. The highest BCUT2D eigenvalue weighted by atomic mass is 32.2. The SMILES string of the molecule is Cc1ccccc1-c1noc(C[C@H]2CCCN(S(=O)(=O)c3ccc4c(c3)CCO4)C2)n1. The van der Waals surface area contributed by atoms with Crippen LogP contribution in [0.3, 0.4) is 0 Å². The van der Waals surface area contributed by atoms with Gasteiger partial charge < -0.3 is 9.26 Å². The minimum atomic E-state index is -3.54. The molecule has 1 saturated heterocycles. The van der Waals surface area contributed by atoms with Crippen LogP contribution in [0.1, 0.15) is 29.9 Å². The van der Waals surface area contributed by atoms with Crippen LogP contribution < -0.4 is 4.74 Å². The largest absolute Gasteiger partial charge is 0.493 e. The Bertz CT molecular complexity index is 1210. The van der Waals surface area contributed by atoms with E-state index >= 15 is 0 Å². The molecule has 1 fully saturated rings. The average Bonchev–Trinajstić information content (AvgIpc) is 3.43. The minimum Gasteiger partial charge on any atom is -0.493 e. The van der Waals surface area contributed by atoms with E-state index < -0.39 is 10.0 Å². The van der Waals surface area contributed by atoms with Gasteiger partial charge in [-0.05, 0) is 55.0 Å². The molecule has 8 heteroatoms. The summed E-state index contributed by atoms with van der Waals surface area (Å²) in [6.45, 7) is 3.61. The molecule has 3 heterocycles. The van der Waals surface area contributed by atoms with Crippen molar-refractivity contribution in [1.82, 2.24) is 14.4 Å². The number of hydrogen-bond donors (Lipinski definition) is 0. The predicted molar refractivity (Wildman–Crippen MR) is 115 cm³/mol. The van der Waals surface area contributed by atoms with Gasteiger partial charge in [-0.3, -0.25) is 0 Å². The number of aryl methyl sites for hydroxylation is 1. The summed E-state index contributed by atoms with van der Waals surface area (Å²) in [5, 5.41) is 4.13. The van der Waals surface area contributed by atoms with E-state index in [0.29, 0.717) is 42.7 Å². The molecule has 162 valence electrons. The van der Waals surface area contributed by atoms with Crippen LogP contribution in [-0.4, -0.2) is 42.6 Å². The van der Waals surface area contributed by atoms with Crippen molar-refractivity contribution in [3.05, 3.63) is 59.5 Å². The zero-order valence-corrected chi connectivity index (χ0v) is 18.3. The van der Waals surface area contributed by atoms with Crippen molar-refractivity contribution in [2.24, 2.45) is 5.92 Å². The van der Waals surface area contributed by atoms with Crippen molar-refractivity contribution in [3.63, 3.8) is 0 Å². The standard InChI is InChI=1S/C23H25N3O4S/c1-16-5-2-3-7-20(16)23-24-22(30-25-23)13-17-6-4-11-26(15-17)31(27,28)19-8-9-21-18(14-19)10-12-29-21/h2-3,5,7-9,14,17H,4,6,10-13,15H2,1H3/t17-/m1/s1. The smallest absolute Gasteiger partial charge is 0.243 e. The molecule has 0 amide bonds. The Kier molecular flexibility index (Phi) is 5.27. The first kappa shape index (κ1) is 20.2. The van der Waals surface area contributed by atoms with Crippen molar-refractivity contribution in [1.29, 1.82) is 0 Å². The summed E-state index contributed by atoms with van der Waals surface area (Å²) in [4.78, 5) is 4.90. The zero-order chi connectivity index (χ0) is 21.4. The molecule has 5 rings (SSSR count). The number of ether oxygens (including phenoxy) is 1. The van der Waals surface area contributed by atoms with E-state index in [4.69, 9.17) is 9.26 Å². The zero-order valence-electron chi connectivity index (χ0n) is 17.5. The lowest BCUT2D eigenvalue weighted by Crippen LogP contribution is -2.40. The van der Waals surface area contributed by atoms with E-state index in [1.54, 1.807) is 22.5 Å². The van der Waals surface area contributed by atoms with Gasteiger partial charge in [-0.25, -0.2) is 8.42 Å². The second-order valence-electron chi connectivity index (χ2n) is 8.27. The number of aromatic nitrogens is 2. The molecule has 2 aromatic carbocycles. The van der Waals surface area contributed by atoms with Gasteiger partial charge in [0.05, 0.1) is 11.5 Å². The van der Waals surface area contributed by atoms with Gasteiger partial charge in [0.15, 0.2) is 0 Å². The fourth-order valence-corrected chi connectivity index (χ4v) is 6.01. The summed E-state index contributed by atoms with van der Waals surface area (Å²) < 4.78 is 39.1. The molecule has 0 unspecified atom stereocenters. The third kappa shape index (κ3) is 3.97. The molecular formula is C23H25N3O4S. The molecule has 3 aromatic rings. The van der Waals surface area contributed by atoms with Crippen molar-refractivity contribution in [2.45, 2.75) is 37.5 Å². The van der Waals surface area contributed by atoms with E-state index in [9.17, 15) is 8.42 Å². The van der Waals surface area contributed by atoms with Gasteiger partial charge in [0, 0.05) is 31.5 Å². The fraction of sp³-hybridized carbons (Fsp3) is 0.391. The minimum absolute atomic E-state index is 0.145. The first-order valence-corrected chi connectivity index (χ1v) is 12.1. The Morgan fingerprint density at radius 3 is 2.94 bits per heavy atom. The lowest BCUT2D eigenvalue weighted by molar-refractivity contribution is 0.247. The van der Waals surface area contributed by atoms with Gasteiger partial charge in [0.2, 0.25) is 21.7 Å². The lowest BCUT2D eigenvalue weighted by Gasteiger charge is -2.31. The maximum absolute atomic E-state index is 13.2. The fourth-order valence-electron chi connectivity index (χ4n) is 4.40. The van der Waals surface area contributed by atoms with Crippen molar-refractivity contribution in [3.8, 4) is 17.1 Å². The highest BCUT2D eigenvalue weighted by Gasteiger charge is 2.32. The normalized spacial score (nSPS) is 19.2. The van der Waals surface area contributed by atoms with Gasteiger partial charge in [-0.15, -0.1) is 0 Å². The third-order valence-corrected chi connectivity index (χ3v) is 7.96. The van der Waals surface area contributed by atoms with Crippen LogP contribution in [0.15, 0.2) is 51.9 Å². The number of nitrogens with zero attached hydrogens (tertiary/aromatic N) is 3. The Balaban J connectivity index is 1.30. The van der Waals surface area contributed by atoms with E-state index in [-0.39, 0.29) is 5.92 Å². The van der Waals surface area contributed by atoms with Crippen LogP contribution in [-0.2, 0) is 22.9 Å². The van der Waals surface area contributed by atoms with Crippen LogP contribution in [0.4, 0.5) is 0 Å². The van der Waals surface area contributed by atoms with Crippen molar-refractivity contribution >= 4 is 10.0 Å². The molecule has 2 aliphatic heterocycles. The van der Waals surface area contributed by atoms with E-state index in [0.717, 1.165) is 41.7 Å². The topological polar surface area (TPSA) is 85.5 Å². The highest BCUT2D eigenvalue weighted by Crippen LogP contribution is 2.31. The molecule has 2 aliphatic rings. The van der Waals surface area contributed by atoms with Crippen LogP contribution in [0.2, 0.25) is 0 Å². The molecule has 0 aliphatic carbocycles. The van der Waals surface area contributed by atoms with E-state index in [1.807, 2.05) is 31.2 Å². The Labute approximate surface area is 182 Å². The van der Waals surface area contributed by atoms with Crippen LogP contribution in [0.25, 0.3) is 11.4 Å². The van der Waals surface area contributed by atoms with Crippen LogP contribution >= 0.6 is 0 Å². The van der Waals surface area contributed by atoms with Gasteiger partial charge in [-0.1, -0.05) is 29.4 Å². The van der Waals surface area contributed by atoms with Crippen LogP contribution in [0, 0.1) is 12.8 Å². The molecule has 7 nitrogen and oxygen atoms in total. The monoisotopic (exact) mass is 439 g/mol. The Hall–Kier alpha value is -2.71. The van der Waals surface area contributed by atoms with Gasteiger partial charge in [-0.2, -0.15) is 9.29 Å². The number of sulfonamides is 1. The molecule has 0 bridgehead atoms.